The second kappa shape index (κ2) is 6.25. The van der Waals surface area contributed by atoms with Gasteiger partial charge in [0.2, 0.25) is 5.91 Å². The Morgan fingerprint density at radius 1 is 1.44 bits per heavy atom. The van der Waals surface area contributed by atoms with E-state index in [1.807, 2.05) is 30.3 Å². The number of benzene rings is 1. The summed E-state index contributed by atoms with van der Waals surface area (Å²) in [4.78, 5) is 16.2. The molecule has 0 bridgehead atoms. The molecule has 1 aromatic rings. The van der Waals surface area contributed by atoms with E-state index in [4.69, 9.17) is 10.6 Å². The number of hydroxylamine groups is 2. The number of nitrogens with two attached hydrogens (primary N) is 1. The molecule has 0 aliphatic rings. The molecular weight excluding hydrogens is 204 g/mol. The van der Waals surface area contributed by atoms with Gasteiger partial charge in [-0.2, -0.15) is 0 Å². The van der Waals surface area contributed by atoms with E-state index in [0.29, 0.717) is 12.8 Å². The maximum Gasteiger partial charge on any atom is 0.245 e. The number of hydrogen-bond acceptors (Lipinski definition) is 3. The molecule has 16 heavy (non-hydrogen) atoms. The van der Waals surface area contributed by atoms with Gasteiger partial charge in [-0.05, 0) is 12.0 Å². The van der Waals surface area contributed by atoms with Crippen LogP contribution in [0.5, 0.6) is 0 Å². The number of carbonyl (C=O) groups is 1. The van der Waals surface area contributed by atoms with E-state index in [0.717, 1.165) is 5.56 Å². The van der Waals surface area contributed by atoms with Gasteiger partial charge in [-0.25, -0.2) is 5.06 Å². The predicted molar refractivity (Wildman–Crippen MR) is 62.4 cm³/mol. The van der Waals surface area contributed by atoms with Crippen molar-refractivity contribution >= 4 is 5.91 Å². The van der Waals surface area contributed by atoms with Crippen LogP contribution in [0.3, 0.4) is 0 Å². The Labute approximate surface area is 95.9 Å². The lowest BCUT2D eigenvalue weighted by Gasteiger charge is -2.15. The first-order valence-electron chi connectivity index (χ1n) is 5.26. The number of carbonyl (C=O) groups excluding carboxylic acids is 1. The van der Waals surface area contributed by atoms with Crippen molar-refractivity contribution in [1.82, 2.24) is 5.06 Å². The predicted octanol–water partition coefficient (Wildman–Crippen LogP) is 1.49. The van der Waals surface area contributed by atoms with Crippen molar-refractivity contribution < 1.29 is 9.63 Å². The lowest BCUT2D eigenvalue weighted by atomic mass is 10.0. The molecule has 0 saturated heterocycles. The first-order chi connectivity index (χ1) is 7.65. The Morgan fingerprint density at radius 2 is 2.06 bits per heavy atom. The van der Waals surface area contributed by atoms with E-state index in [-0.39, 0.29) is 11.9 Å². The summed E-state index contributed by atoms with van der Waals surface area (Å²) in [7, 11) is 3.06. The molecule has 0 heterocycles. The topological polar surface area (TPSA) is 55.6 Å². The number of rotatable bonds is 5. The van der Waals surface area contributed by atoms with Crippen LogP contribution >= 0.6 is 0 Å². The van der Waals surface area contributed by atoms with E-state index >= 15 is 0 Å². The quantitative estimate of drug-likeness (QED) is 0.768. The summed E-state index contributed by atoms with van der Waals surface area (Å²) in [5.74, 6) is -0.0612. The maximum absolute atomic E-state index is 11.5. The van der Waals surface area contributed by atoms with Crippen LogP contribution in [-0.4, -0.2) is 25.1 Å². The molecule has 0 aliphatic heterocycles. The minimum atomic E-state index is -0.101. The van der Waals surface area contributed by atoms with Crippen LogP contribution in [0, 0.1) is 0 Å². The molecule has 0 saturated carbocycles. The van der Waals surface area contributed by atoms with Crippen LogP contribution in [0.1, 0.15) is 24.4 Å². The molecular formula is C12H18N2O2. The first-order valence-corrected chi connectivity index (χ1v) is 5.26. The zero-order chi connectivity index (χ0) is 12.0. The van der Waals surface area contributed by atoms with Crippen molar-refractivity contribution in [1.29, 1.82) is 0 Å². The van der Waals surface area contributed by atoms with E-state index in [1.165, 1.54) is 12.2 Å². The molecule has 1 unspecified atom stereocenters. The van der Waals surface area contributed by atoms with Crippen LogP contribution in [0.4, 0.5) is 0 Å². The summed E-state index contributed by atoms with van der Waals surface area (Å²) in [6.07, 6.45) is 1.01. The van der Waals surface area contributed by atoms with E-state index < -0.39 is 0 Å². The van der Waals surface area contributed by atoms with Crippen LogP contribution in [0.2, 0.25) is 0 Å². The highest BCUT2D eigenvalue weighted by Gasteiger charge is 2.11. The molecule has 0 aliphatic carbocycles. The normalized spacial score (nSPS) is 12.2. The number of amides is 1. The zero-order valence-corrected chi connectivity index (χ0v) is 9.72. The summed E-state index contributed by atoms with van der Waals surface area (Å²) < 4.78 is 0. The smallest absolute Gasteiger partial charge is 0.245 e. The monoisotopic (exact) mass is 222 g/mol. The summed E-state index contributed by atoms with van der Waals surface area (Å²) in [5.41, 5.74) is 7.02. The van der Waals surface area contributed by atoms with E-state index in [2.05, 4.69) is 0 Å². The first kappa shape index (κ1) is 12.7. The fourth-order valence-electron chi connectivity index (χ4n) is 1.41. The van der Waals surface area contributed by atoms with E-state index in [1.54, 1.807) is 7.05 Å². The molecule has 0 radical (unpaired) electrons. The summed E-state index contributed by atoms with van der Waals surface area (Å²) in [6, 6.07) is 9.66. The molecule has 2 N–H and O–H groups in total. The molecule has 4 heteroatoms. The van der Waals surface area contributed by atoms with E-state index in [9.17, 15) is 4.79 Å². The summed E-state index contributed by atoms with van der Waals surface area (Å²) in [5, 5.41) is 1.22. The highest BCUT2D eigenvalue weighted by atomic mass is 16.7. The van der Waals surface area contributed by atoms with Crippen molar-refractivity contribution in [3.05, 3.63) is 35.9 Å². The largest absolute Gasteiger partial charge is 0.324 e. The highest BCUT2D eigenvalue weighted by molar-refractivity contribution is 5.74. The lowest BCUT2D eigenvalue weighted by Crippen LogP contribution is -2.26. The van der Waals surface area contributed by atoms with Gasteiger partial charge in [0.25, 0.3) is 0 Å². The highest BCUT2D eigenvalue weighted by Crippen LogP contribution is 2.15. The second-order valence-electron chi connectivity index (χ2n) is 3.63. The average molecular weight is 222 g/mol. The standard InChI is InChI=1S/C12H18N2O2/c1-14(16-2)12(15)9-8-11(13)10-6-4-3-5-7-10/h3-7,11H,8-9,13H2,1-2H3. The van der Waals surface area contributed by atoms with Gasteiger partial charge >= 0.3 is 0 Å². The van der Waals surface area contributed by atoms with Gasteiger partial charge in [0, 0.05) is 19.5 Å². The zero-order valence-electron chi connectivity index (χ0n) is 9.72. The molecule has 1 amide bonds. The van der Waals surface area contributed by atoms with Gasteiger partial charge in [0.1, 0.15) is 0 Å². The lowest BCUT2D eigenvalue weighted by molar-refractivity contribution is -0.168. The fourth-order valence-corrected chi connectivity index (χ4v) is 1.41. The van der Waals surface area contributed by atoms with Gasteiger partial charge in [-0.1, -0.05) is 30.3 Å². The molecule has 4 nitrogen and oxygen atoms in total. The van der Waals surface area contributed by atoms with Gasteiger partial charge in [-0.3, -0.25) is 9.63 Å². The third kappa shape index (κ3) is 3.64. The third-order valence-corrected chi connectivity index (χ3v) is 2.52. The maximum atomic E-state index is 11.5. The van der Waals surface area contributed by atoms with Crippen molar-refractivity contribution in [2.24, 2.45) is 5.73 Å². The minimum absolute atomic E-state index is 0.0612. The van der Waals surface area contributed by atoms with Crippen molar-refractivity contribution in [3.63, 3.8) is 0 Å². The van der Waals surface area contributed by atoms with Gasteiger partial charge in [0.05, 0.1) is 7.11 Å². The summed E-state index contributed by atoms with van der Waals surface area (Å²) in [6.45, 7) is 0. The SMILES string of the molecule is CON(C)C(=O)CCC(N)c1ccccc1. The molecule has 0 fully saturated rings. The summed E-state index contributed by atoms with van der Waals surface area (Å²) >= 11 is 0. The molecule has 1 aromatic carbocycles. The molecule has 0 spiro atoms. The third-order valence-electron chi connectivity index (χ3n) is 2.52. The minimum Gasteiger partial charge on any atom is -0.324 e. The Kier molecular flexibility index (Phi) is 4.95. The van der Waals surface area contributed by atoms with Gasteiger partial charge < -0.3 is 5.73 Å². The van der Waals surface area contributed by atoms with Crippen LogP contribution in [0.15, 0.2) is 30.3 Å². The molecule has 1 rings (SSSR count). The van der Waals surface area contributed by atoms with Crippen molar-refractivity contribution in [3.8, 4) is 0 Å². The van der Waals surface area contributed by atoms with Crippen LogP contribution in [0.25, 0.3) is 0 Å². The van der Waals surface area contributed by atoms with Crippen molar-refractivity contribution in [2.45, 2.75) is 18.9 Å². The Bertz CT molecular complexity index is 327. The Balaban J connectivity index is 2.42. The van der Waals surface area contributed by atoms with Crippen molar-refractivity contribution in [2.75, 3.05) is 14.2 Å². The number of nitrogens with zero attached hydrogens (tertiary/aromatic N) is 1. The Morgan fingerprint density at radius 3 is 2.62 bits per heavy atom. The fraction of sp³-hybridized carbons (Fsp3) is 0.417. The van der Waals surface area contributed by atoms with Crippen LogP contribution in [-0.2, 0) is 9.63 Å². The molecule has 0 aromatic heterocycles. The van der Waals surface area contributed by atoms with Crippen LogP contribution < -0.4 is 5.73 Å². The average Bonchev–Trinajstić information content (AvgIpc) is 2.35. The molecule has 88 valence electrons. The molecule has 1 atom stereocenters. The number of hydrogen-bond donors (Lipinski definition) is 1. The second-order valence-corrected chi connectivity index (χ2v) is 3.63. The van der Waals surface area contributed by atoms with Gasteiger partial charge in [-0.15, -0.1) is 0 Å². The van der Waals surface area contributed by atoms with Gasteiger partial charge in [0.15, 0.2) is 0 Å². The Hall–Kier alpha value is -1.39.